The lowest BCUT2D eigenvalue weighted by atomic mass is 10.0. The zero-order valence-electron chi connectivity index (χ0n) is 13.4. The fraction of sp³-hybridized carbons (Fsp3) is 0.316. The van der Waals surface area contributed by atoms with Crippen molar-refractivity contribution in [3.8, 4) is 0 Å². The van der Waals surface area contributed by atoms with Crippen LogP contribution in [0.2, 0.25) is 0 Å². The molecule has 3 aromatic rings. The Hall–Kier alpha value is -2.20. The molecular weight excluding hydrogens is 289 g/mol. The highest BCUT2D eigenvalue weighted by Crippen LogP contribution is 2.17. The molecule has 0 bridgehead atoms. The van der Waals surface area contributed by atoms with Crippen molar-refractivity contribution in [3.05, 3.63) is 66.2 Å². The minimum absolute atomic E-state index is 0.185. The number of aryl methyl sites for hydroxylation is 1. The summed E-state index contributed by atoms with van der Waals surface area (Å²) in [4.78, 5) is 4.41. The fourth-order valence-corrected chi connectivity index (χ4v) is 2.91. The Balaban J connectivity index is 1.53. The first-order valence-electron chi connectivity index (χ1n) is 8.16. The second-order valence-corrected chi connectivity index (χ2v) is 5.75. The minimum Gasteiger partial charge on any atom is -0.331 e. The van der Waals surface area contributed by atoms with Gasteiger partial charge in [-0.3, -0.25) is 0 Å². The van der Waals surface area contributed by atoms with Crippen molar-refractivity contribution in [2.75, 3.05) is 6.54 Å². The summed E-state index contributed by atoms with van der Waals surface area (Å²) in [5.74, 6) is -0.185. The number of rotatable bonds is 7. The van der Waals surface area contributed by atoms with Crippen LogP contribution < -0.4 is 5.32 Å². The third-order valence-electron chi connectivity index (χ3n) is 4.17. The molecule has 0 radical (unpaired) electrons. The smallest absolute Gasteiger partial charge is 0.123 e. The predicted octanol–water partition coefficient (Wildman–Crippen LogP) is 4.31. The zero-order chi connectivity index (χ0) is 16.1. The number of fused-ring (bicyclic) bond motifs is 1. The van der Waals surface area contributed by atoms with Crippen LogP contribution in [0.5, 0.6) is 0 Å². The molecule has 23 heavy (non-hydrogen) atoms. The van der Waals surface area contributed by atoms with Crippen molar-refractivity contribution in [2.24, 2.45) is 0 Å². The molecule has 0 aliphatic heterocycles. The molecule has 0 saturated heterocycles. The van der Waals surface area contributed by atoms with E-state index < -0.39 is 0 Å². The Morgan fingerprint density at radius 1 is 1.13 bits per heavy atom. The van der Waals surface area contributed by atoms with E-state index in [0.29, 0.717) is 0 Å². The first-order chi connectivity index (χ1) is 11.3. The van der Waals surface area contributed by atoms with Crippen molar-refractivity contribution < 1.29 is 4.39 Å². The van der Waals surface area contributed by atoms with Gasteiger partial charge < -0.3 is 9.88 Å². The van der Waals surface area contributed by atoms with Gasteiger partial charge in [-0.15, -0.1) is 0 Å². The number of nitrogens with zero attached hydrogens (tertiary/aromatic N) is 2. The van der Waals surface area contributed by atoms with Crippen molar-refractivity contribution in [2.45, 2.75) is 32.4 Å². The number of hydrogen-bond acceptors (Lipinski definition) is 2. The number of aromatic nitrogens is 2. The molecule has 3 nitrogen and oxygen atoms in total. The van der Waals surface area contributed by atoms with E-state index in [2.05, 4.69) is 27.9 Å². The number of nitrogens with one attached hydrogen (secondary N) is 1. The van der Waals surface area contributed by atoms with Crippen LogP contribution in [-0.4, -0.2) is 16.1 Å². The zero-order valence-corrected chi connectivity index (χ0v) is 13.4. The molecule has 1 N–H and O–H groups in total. The van der Waals surface area contributed by atoms with E-state index >= 15 is 0 Å². The number of halogens is 1. The first kappa shape index (κ1) is 15.7. The maximum atomic E-state index is 13.0. The second kappa shape index (κ2) is 7.38. The highest BCUT2D eigenvalue weighted by molar-refractivity contribution is 5.74. The molecule has 1 heterocycles. The largest absolute Gasteiger partial charge is 0.331 e. The van der Waals surface area contributed by atoms with Gasteiger partial charge in [0.25, 0.3) is 0 Å². The van der Waals surface area contributed by atoms with Crippen LogP contribution in [0.3, 0.4) is 0 Å². The van der Waals surface area contributed by atoms with Gasteiger partial charge in [-0.05, 0) is 49.2 Å². The normalized spacial score (nSPS) is 12.6. The Bertz CT molecular complexity index is 749. The van der Waals surface area contributed by atoms with E-state index in [1.54, 1.807) is 0 Å². The Morgan fingerprint density at radius 3 is 2.70 bits per heavy atom. The summed E-state index contributed by atoms with van der Waals surface area (Å²) in [5, 5.41) is 3.56. The van der Waals surface area contributed by atoms with Gasteiger partial charge in [-0.25, -0.2) is 9.37 Å². The quantitative estimate of drug-likeness (QED) is 0.659. The molecule has 0 aliphatic carbocycles. The van der Waals surface area contributed by atoms with Crippen molar-refractivity contribution in [1.29, 1.82) is 0 Å². The topological polar surface area (TPSA) is 29.9 Å². The van der Waals surface area contributed by atoms with Crippen molar-refractivity contribution in [3.63, 3.8) is 0 Å². The lowest BCUT2D eigenvalue weighted by Crippen LogP contribution is -2.22. The molecule has 1 atom stereocenters. The average Bonchev–Trinajstić information content (AvgIpc) is 2.99. The maximum absolute atomic E-state index is 13.0. The summed E-state index contributed by atoms with van der Waals surface area (Å²) in [6.45, 7) is 4.00. The molecule has 0 saturated carbocycles. The van der Waals surface area contributed by atoms with E-state index in [9.17, 15) is 4.39 Å². The summed E-state index contributed by atoms with van der Waals surface area (Å²) in [6, 6.07) is 15.2. The summed E-state index contributed by atoms with van der Waals surface area (Å²) >= 11 is 0. The molecular formula is C19H22FN3. The van der Waals surface area contributed by atoms with Crippen LogP contribution in [0, 0.1) is 5.82 Å². The van der Waals surface area contributed by atoms with Gasteiger partial charge in [0, 0.05) is 12.6 Å². The van der Waals surface area contributed by atoms with Gasteiger partial charge in [0.1, 0.15) is 5.82 Å². The highest BCUT2D eigenvalue weighted by Gasteiger charge is 2.08. The third kappa shape index (κ3) is 3.77. The molecule has 0 amide bonds. The Kier molecular flexibility index (Phi) is 5.03. The van der Waals surface area contributed by atoms with E-state index in [4.69, 9.17) is 0 Å². The average molecular weight is 311 g/mol. The van der Waals surface area contributed by atoms with Gasteiger partial charge in [0.05, 0.1) is 17.4 Å². The number of imidazole rings is 1. The van der Waals surface area contributed by atoms with Crippen molar-refractivity contribution in [1.82, 2.24) is 14.9 Å². The number of benzene rings is 2. The molecule has 1 unspecified atom stereocenters. The molecule has 3 rings (SSSR count). The molecule has 120 valence electrons. The van der Waals surface area contributed by atoms with Gasteiger partial charge in [-0.2, -0.15) is 0 Å². The van der Waals surface area contributed by atoms with Crippen molar-refractivity contribution >= 4 is 11.0 Å². The van der Waals surface area contributed by atoms with E-state index in [1.165, 1.54) is 17.6 Å². The summed E-state index contributed by atoms with van der Waals surface area (Å²) in [7, 11) is 0. The highest BCUT2D eigenvalue weighted by atomic mass is 19.1. The maximum Gasteiger partial charge on any atom is 0.123 e. The van der Waals surface area contributed by atoms with Gasteiger partial charge in [-0.1, -0.05) is 31.2 Å². The van der Waals surface area contributed by atoms with Crippen LogP contribution >= 0.6 is 0 Å². The van der Waals surface area contributed by atoms with E-state index in [0.717, 1.165) is 37.0 Å². The van der Waals surface area contributed by atoms with Crippen LogP contribution in [0.1, 0.15) is 31.4 Å². The van der Waals surface area contributed by atoms with E-state index in [-0.39, 0.29) is 11.9 Å². The molecule has 1 aromatic heterocycles. The van der Waals surface area contributed by atoms with Gasteiger partial charge in [0.15, 0.2) is 0 Å². The Labute approximate surface area is 136 Å². The monoisotopic (exact) mass is 311 g/mol. The molecule has 0 fully saturated rings. The third-order valence-corrected chi connectivity index (χ3v) is 4.17. The van der Waals surface area contributed by atoms with Crippen LogP contribution in [-0.2, 0) is 6.54 Å². The molecule has 2 aromatic carbocycles. The van der Waals surface area contributed by atoms with Crippen LogP contribution in [0.15, 0.2) is 54.9 Å². The SMILES string of the molecule is CCC(NCCCn1cnc2ccccc21)c1ccc(F)cc1. The standard InChI is InChI=1S/C19H22FN3/c1-2-17(15-8-10-16(20)11-9-15)21-12-5-13-23-14-22-18-6-3-4-7-19(18)23/h3-4,6-11,14,17,21H,2,5,12-13H2,1H3. The van der Waals surface area contributed by atoms with E-state index in [1.807, 2.05) is 36.7 Å². The second-order valence-electron chi connectivity index (χ2n) is 5.75. The lowest BCUT2D eigenvalue weighted by molar-refractivity contribution is 0.492. The fourth-order valence-electron chi connectivity index (χ4n) is 2.91. The first-order valence-corrected chi connectivity index (χ1v) is 8.16. The molecule has 4 heteroatoms. The summed E-state index contributed by atoms with van der Waals surface area (Å²) < 4.78 is 15.2. The number of para-hydroxylation sites is 2. The predicted molar refractivity (Wildman–Crippen MR) is 91.8 cm³/mol. The summed E-state index contributed by atoms with van der Waals surface area (Å²) in [6.07, 6.45) is 3.92. The molecule has 0 spiro atoms. The van der Waals surface area contributed by atoms with Gasteiger partial charge >= 0.3 is 0 Å². The molecule has 0 aliphatic rings. The van der Waals surface area contributed by atoms with Crippen LogP contribution in [0.4, 0.5) is 4.39 Å². The lowest BCUT2D eigenvalue weighted by Gasteiger charge is -2.17. The number of hydrogen-bond donors (Lipinski definition) is 1. The Morgan fingerprint density at radius 2 is 1.91 bits per heavy atom. The van der Waals surface area contributed by atoms with Gasteiger partial charge in [0.2, 0.25) is 0 Å². The summed E-state index contributed by atoms with van der Waals surface area (Å²) in [5.41, 5.74) is 3.36. The van der Waals surface area contributed by atoms with Crippen LogP contribution in [0.25, 0.3) is 11.0 Å². The minimum atomic E-state index is -0.185.